The highest BCUT2D eigenvalue weighted by Gasteiger charge is 2.21. The summed E-state index contributed by atoms with van der Waals surface area (Å²) in [4.78, 5) is 4.64. The van der Waals surface area contributed by atoms with Crippen LogP contribution in [0.2, 0.25) is 0 Å². The van der Waals surface area contributed by atoms with Crippen molar-refractivity contribution in [2.45, 2.75) is 40.2 Å². The summed E-state index contributed by atoms with van der Waals surface area (Å²) in [6.07, 6.45) is 2.81. The molecule has 0 bridgehead atoms. The molecule has 2 nitrogen and oxygen atoms in total. The van der Waals surface area contributed by atoms with Gasteiger partial charge in [0.2, 0.25) is 0 Å². The second-order valence-corrected chi connectivity index (χ2v) is 7.80. The molecule has 0 spiro atoms. The second-order valence-electron chi connectivity index (χ2n) is 5.39. The second kappa shape index (κ2) is 6.54. The SMILES string of the molecule is CC[C@@H](N=Cc1cc(I)cc(I)c1O)C(C)(C)C. The number of hydrogen-bond acceptors (Lipinski definition) is 2. The molecule has 0 aromatic heterocycles. The number of phenolic OH excluding ortho intramolecular Hbond substituents is 1. The standard InChI is InChI=1S/C14H19I2NO/c1-5-12(14(2,3)4)17-8-9-6-10(15)7-11(16)13(9)18/h6-8,12,18H,5H2,1-4H3/t12-/m1/s1. The smallest absolute Gasteiger partial charge is 0.137 e. The number of hydrogen-bond donors (Lipinski definition) is 1. The summed E-state index contributed by atoms with van der Waals surface area (Å²) in [7, 11) is 0. The van der Waals surface area contributed by atoms with Crippen LogP contribution in [-0.4, -0.2) is 17.4 Å². The molecule has 0 saturated heterocycles. The molecule has 0 saturated carbocycles. The molecule has 0 heterocycles. The van der Waals surface area contributed by atoms with Crippen LogP contribution in [-0.2, 0) is 0 Å². The Kier molecular flexibility index (Phi) is 5.89. The molecule has 0 fully saturated rings. The first-order valence-electron chi connectivity index (χ1n) is 5.97. The fourth-order valence-electron chi connectivity index (χ4n) is 1.80. The summed E-state index contributed by atoms with van der Waals surface area (Å²) in [6.45, 7) is 8.72. The minimum Gasteiger partial charge on any atom is -0.506 e. The first-order chi connectivity index (χ1) is 8.25. The number of halogens is 2. The van der Waals surface area contributed by atoms with Crippen LogP contribution in [0.1, 0.15) is 39.7 Å². The molecule has 0 radical (unpaired) electrons. The number of aliphatic imine (C=N–C) groups is 1. The van der Waals surface area contributed by atoms with Crippen LogP contribution < -0.4 is 0 Å². The lowest BCUT2D eigenvalue weighted by Crippen LogP contribution is -2.23. The monoisotopic (exact) mass is 471 g/mol. The third-order valence-corrected chi connectivity index (χ3v) is 4.28. The average Bonchev–Trinajstić information content (AvgIpc) is 2.23. The number of phenols is 1. The van der Waals surface area contributed by atoms with Crippen molar-refractivity contribution < 1.29 is 5.11 Å². The van der Waals surface area contributed by atoms with Crippen molar-refractivity contribution in [1.82, 2.24) is 0 Å². The van der Waals surface area contributed by atoms with Crippen LogP contribution in [0.25, 0.3) is 0 Å². The molecule has 18 heavy (non-hydrogen) atoms. The van der Waals surface area contributed by atoms with Crippen LogP contribution in [0.3, 0.4) is 0 Å². The van der Waals surface area contributed by atoms with E-state index in [2.05, 4.69) is 77.9 Å². The van der Waals surface area contributed by atoms with Gasteiger partial charge in [-0.25, -0.2) is 0 Å². The fraction of sp³-hybridized carbons (Fsp3) is 0.500. The van der Waals surface area contributed by atoms with Crippen molar-refractivity contribution in [3.05, 3.63) is 24.8 Å². The van der Waals surface area contributed by atoms with E-state index in [1.165, 1.54) is 0 Å². The normalized spacial score (nSPS) is 14.1. The molecule has 0 aliphatic carbocycles. The van der Waals surface area contributed by atoms with E-state index in [-0.39, 0.29) is 11.5 Å². The summed E-state index contributed by atoms with van der Waals surface area (Å²) < 4.78 is 1.98. The Labute approximate surface area is 137 Å². The largest absolute Gasteiger partial charge is 0.506 e. The van der Waals surface area contributed by atoms with Gasteiger partial charge in [-0.3, -0.25) is 4.99 Å². The van der Waals surface area contributed by atoms with Gasteiger partial charge in [-0.05, 0) is 69.2 Å². The van der Waals surface area contributed by atoms with Gasteiger partial charge in [0.25, 0.3) is 0 Å². The van der Waals surface area contributed by atoms with Crippen LogP contribution in [0, 0.1) is 12.6 Å². The van der Waals surface area contributed by atoms with E-state index in [9.17, 15) is 5.11 Å². The molecule has 100 valence electrons. The molecule has 1 aromatic rings. The molecule has 1 aromatic carbocycles. The topological polar surface area (TPSA) is 32.6 Å². The molecule has 0 unspecified atom stereocenters. The van der Waals surface area contributed by atoms with Gasteiger partial charge >= 0.3 is 0 Å². The first kappa shape index (κ1) is 16.2. The van der Waals surface area contributed by atoms with Gasteiger partial charge in [0.1, 0.15) is 5.75 Å². The van der Waals surface area contributed by atoms with Gasteiger partial charge in [0.15, 0.2) is 0 Å². The van der Waals surface area contributed by atoms with Crippen molar-refractivity contribution in [1.29, 1.82) is 0 Å². The highest BCUT2D eigenvalue weighted by molar-refractivity contribution is 14.1. The molecular formula is C14H19I2NO. The van der Waals surface area contributed by atoms with Crippen molar-refractivity contribution in [2.24, 2.45) is 10.4 Å². The van der Waals surface area contributed by atoms with E-state index >= 15 is 0 Å². The number of nitrogens with zero attached hydrogens (tertiary/aromatic N) is 1. The van der Waals surface area contributed by atoms with Crippen LogP contribution in [0.15, 0.2) is 17.1 Å². The van der Waals surface area contributed by atoms with Gasteiger partial charge in [-0.1, -0.05) is 27.7 Å². The lowest BCUT2D eigenvalue weighted by molar-refractivity contribution is 0.316. The minimum atomic E-state index is 0.149. The van der Waals surface area contributed by atoms with E-state index in [0.29, 0.717) is 5.75 Å². The zero-order chi connectivity index (χ0) is 13.9. The van der Waals surface area contributed by atoms with Crippen LogP contribution in [0.4, 0.5) is 0 Å². The molecule has 1 atom stereocenters. The van der Waals surface area contributed by atoms with E-state index in [1.54, 1.807) is 6.21 Å². The zero-order valence-corrected chi connectivity index (χ0v) is 15.5. The predicted molar refractivity (Wildman–Crippen MR) is 94.7 cm³/mol. The zero-order valence-electron chi connectivity index (χ0n) is 11.2. The lowest BCUT2D eigenvalue weighted by Gasteiger charge is -2.26. The molecular weight excluding hydrogens is 452 g/mol. The van der Waals surface area contributed by atoms with Gasteiger partial charge in [0, 0.05) is 15.3 Å². The van der Waals surface area contributed by atoms with Crippen LogP contribution >= 0.6 is 45.2 Å². The van der Waals surface area contributed by atoms with Crippen molar-refractivity contribution in [3.8, 4) is 5.75 Å². The lowest BCUT2D eigenvalue weighted by atomic mass is 9.85. The Morgan fingerprint density at radius 3 is 2.44 bits per heavy atom. The van der Waals surface area contributed by atoms with E-state index in [0.717, 1.165) is 19.1 Å². The summed E-state index contributed by atoms with van der Waals surface area (Å²) in [5.41, 5.74) is 0.949. The molecule has 0 aliphatic heterocycles. The van der Waals surface area contributed by atoms with Gasteiger partial charge in [0.05, 0.1) is 9.61 Å². The number of aromatic hydroxyl groups is 1. The van der Waals surface area contributed by atoms with E-state index < -0.39 is 0 Å². The van der Waals surface area contributed by atoms with Crippen molar-refractivity contribution >= 4 is 51.4 Å². The quantitative estimate of drug-likeness (QED) is 0.497. The fourth-order valence-corrected chi connectivity index (χ4v) is 3.69. The molecule has 1 N–H and O–H groups in total. The van der Waals surface area contributed by atoms with E-state index in [1.807, 2.05) is 12.1 Å². The maximum Gasteiger partial charge on any atom is 0.137 e. The Morgan fingerprint density at radius 1 is 1.33 bits per heavy atom. The maximum atomic E-state index is 10.0. The van der Waals surface area contributed by atoms with Crippen molar-refractivity contribution in [2.75, 3.05) is 0 Å². The van der Waals surface area contributed by atoms with Gasteiger partial charge < -0.3 is 5.11 Å². The number of rotatable bonds is 3. The third-order valence-electron chi connectivity index (χ3n) is 2.84. The number of benzene rings is 1. The summed E-state index contributed by atoms with van der Waals surface area (Å²) in [6, 6.07) is 4.18. The summed E-state index contributed by atoms with van der Waals surface area (Å²) >= 11 is 4.39. The van der Waals surface area contributed by atoms with Crippen LogP contribution in [0.5, 0.6) is 5.75 Å². The highest BCUT2D eigenvalue weighted by atomic mass is 127. The first-order valence-corrected chi connectivity index (χ1v) is 8.12. The van der Waals surface area contributed by atoms with Crippen molar-refractivity contribution in [3.63, 3.8) is 0 Å². The Hall–Kier alpha value is 0.150. The average molecular weight is 471 g/mol. The van der Waals surface area contributed by atoms with Gasteiger partial charge in [-0.15, -0.1) is 0 Å². The summed E-state index contributed by atoms with van der Waals surface area (Å²) in [5, 5.41) is 10.0. The Morgan fingerprint density at radius 2 is 1.94 bits per heavy atom. The third kappa shape index (κ3) is 4.36. The molecule has 1 rings (SSSR count). The Balaban J connectivity index is 3.04. The predicted octanol–water partition coefficient (Wildman–Crippen LogP) is 4.85. The minimum absolute atomic E-state index is 0.149. The molecule has 0 amide bonds. The highest BCUT2D eigenvalue weighted by Crippen LogP contribution is 2.28. The Bertz CT molecular complexity index is 450. The van der Waals surface area contributed by atoms with E-state index in [4.69, 9.17) is 0 Å². The summed E-state index contributed by atoms with van der Waals surface area (Å²) in [5.74, 6) is 0.323. The maximum absolute atomic E-state index is 10.0. The molecule has 4 heteroatoms. The van der Waals surface area contributed by atoms with Gasteiger partial charge in [-0.2, -0.15) is 0 Å². The molecule has 0 aliphatic rings.